The summed E-state index contributed by atoms with van der Waals surface area (Å²) in [6.07, 6.45) is 0.435. The number of pyridine rings is 1. The molecule has 0 saturated heterocycles. The summed E-state index contributed by atoms with van der Waals surface area (Å²) in [5.74, 6) is -0.484. The molecule has 22 heavy (non-hydrogen) atoms. The number of aliphatic hydroxyl groups is 1. The van der Waals surface area contributed by atoms with Gasteiger partial charge in [-0.15, -0.1) is 0 Å². The Balaban J connectivity index is 1.94. The van der Waals surface area contributed by atoms with E-state index < -0.39 is 18.6 Å². The van der Waals surface area contributed by atoms with E-state index >= 15 is 0 Å². The second kappa shape index (κ2) is 7.46. The first-order valence-electron chi connectivity index (χ1n) is 6.48. The molecule has 0 bridgehead atoms. The number of ether oxygens (including phenoxy) is 1. The molecule has 1 aromatic heterocycles. The van der Waals surface area contributed by atoms with E-state index in [1.165, 1.54) is 24.4 Å². The Bertz CT molecular complexity index is 623. The van der Waals surface area contributed by atoms with Crippen molar-refractivity contribution in [3.05, 3.63) is 59.9 Å². The Morgan fingerprint density at radius 2 is 2.09 bits per heavy atom. The average molecular weight is 308 g/mol. The minimum absolute atomic E-state index is 0.0531. The van der Waals surface area contributed by atoms with E-state index in [0.29, 0.717) is 5.56 Å². The van der Waals surface area contributed by atoms with E-state index in [-0.39, 0.29) is 18.0 Å². The number of hydrogen-bond donors (Lipinski definition) is 2. The molecule has 0 spiro atoms. The van der Waals surface area contributed by atoms with Gasteiger partial charge in [0.05, 0.1) is 6.10 Å². The highest BCUT2D eigenvalue weighted by atomic mass is 19.3. The van der Waals surface area contributed by atoms with Crippen LogP contribution in [0.15, 0.2) is 48.7 Å². The monoisotopic (exact) mass is 308 g/mol. The lowest BCUT2D eigenvalue weighted by molar-refractivity contribution is -0.0499. The molecule has 0 aliphatic rings. The van der Waals surface area contributed by atoms with Gasteiger partial charge in [-0.05, 0) is 29.8 Å². The van der Waals surface area contributed by atoms with Crippen LogP contribution < -0.4 is 10.1 Å². The highest BCUT2D eigenvalue weighted by molar-refractivity contribution is 5.92. The van der Waals surface area contributed by atoms with Gasteiger partial charge in [0.15, 0.2) is 0 Å². The number of hydrogen-bond acceptors (Lipinski definition) is 4. The molecular weight excluding hydrogens is 294 g/mol. The maximum absolute atomic E-state index is 12.1. The minimum Gasteiger partial charge on any atom is -0.435 e. The zero-order chi connectivity index (χ0) is 15.9. The van der Waals surface area contributed by atoms with Crippen molar-refractivity contribution in [2.24, 2.45) is 0 Å². The van der Waals surface area contributed by atoms with E-state index in [2.05, 4.69) is 15.0 Å². The van der Waals surface area contributed by atoms with Gasteiger partial charge >= 0.3 is 6.61 Å². The van der Waals surface area contributed by atoms with Crippen molar-refractivity contribution in [1.82, 2.24) is 10.3 Å². The van der Waals surface area contributed by atoms with Crippen molar-refractivity contribution in [1.29, 1.82) is 0 Å². The zero-order valence-electron chi connectivity index (χ0n) is 11.4. The van der Waals surface area contributed by atoms with Crippen LogP contribution in [0, 0.1) is 0 Å². The van der Waals surface area contributed by atoms with Crippen LogP contribution in [-0.4, -0.2) is 29.2 Å². The smallest absolute Gasteiger partial charge is 0.387 e. The molecule has 5 nitrogen and oxygen atoms in total. The summed E-state index contributed by atoms with van der Waals surface area (Å²) >= 11 is 0. The Morgan fingerprint density at radius 1 is 1.27 bits per heavy atom. The maximum atomic E-state index is 12.1. The number of carbonyl (C=O) groups is 1. The molecular formula is C15H14F2N2O3. The minimum atomic E-state index is -2.93. The number of aromatic nitrogens is 1. The third-order valence-corrected chi connectivity index (χ3v) is 2.82. The number of halogens is 2. The summed E-state index contributed by atoms with van der Waals surface area (Å²) < 4.78 is 28.6. The van der Waals surface area contributed by atoms with E-state index in [0.717, 1.165) is 0 Å². The first-order chi connectivity index (χ1) is 10.6. The van der Waals surface area contributed by atoms with Crippen LogP contribution in [0.2, 0.25) is 0 Å². The first kappa shape index (κ1) is 15.8. The van der Waals surface area contributed by atoms with Gasteiger partial charge in [0, 0.05) is 12.7 Å². The SMILES string of the molecule is O=C(NCC(O)c1cccc(OC(F)F)c1)c1ccccn1. The van der Waals surface area contributed by atoms with Gasteiger partial charge in [0.2, 0.25) is 0 Å². The lowest BCUT2D eigenvalue weighted by atomic mass is 10.1. The second-order valence-electron chi connectivity index (χ2n) is 4.39. The molecule has 0 fully saturated rings. The van der Waals surface area contributed by atoms with E-state index in [1.807, 2.05) is 0 Å². The van der Waals surface area contributed by atoms with Crippen LogP contribution >= 0.6 is 0 Å². The van der Waals surface area contributed by atoms with Gasteiger partial charge in [-0.25, -0.2) is 0 Å². The van der Waals surface area contributed by atoms with E-state index in [9.17, 15) is 18.7 Å². The molecule has 116 valence electrons. The van der Waals surface area contributed by atoms with Crippen LogP contribution in [0.1, 0.15) is 22.2 Å². The number of nitrogens with one attached hydrogen (secondary N) is 1. The normalized spacial score (nSPS) is 12.0. The summed E-state index contributed by atoms with van der Waals surface area (Å²) in [7, 11) is 0. The predicted molar refractivity (Wildman–Crippen MR) is 74.6 cm³/mol. The van der Waals surface area contributed by atoms with Gasteiger partial charge in [-0.3, -0.25) is 9.78 Å². The van der Waals surface area contributed by atoms with Gasteiger partial charge in [0.25, 0.3) is 5.91 Å². The highest BCUT2D eigenvalue weighted by Crippen LogP contribution is 2.20. The number of rotatable bonds is 6. The number of benzene rings is 1. The van der Waals surface area contributed by atoms with Gasteiger partial charge in [0.1, 0.15) is 11.4 Å². The van der Waals surface area contributed by atoms with Gasteiger partial charge in [-0.2, -0.15) is 8.78 Å². The Morgan fingerprint density at radius 3 is 2.77 bits per heavy atom. The number of amides is 1. The van der Waals surface area contributed by atoms with Gasteiger partial charge in [-0.1, -0.05) is 18.2 Å². The topological polar surface area (TPSA) is 71.5 Å². The quantitative estimate of drug-likeness (QED) is 0.858. The van der Waals surface area contributed by atoms with Crippen LogP contribution in [0.25, 0.3) is 0 Å². The Labute approximate surface area is 125 Å². The molecule has 1 atom stereocenters. The molecule has 2 N–H and O–H groups in total. The molecule has 1 heterocycles. The lowest BCUT2D eigenvalue weighted by Crippen LogP contribution is -2.29. The van der Waals surface area contributed by atoms with Crippen LogP contribution in [0.5, 0.6) is 5.75 Å². The van der Waals surface area contributed by atoms with E-state index in [1.54, 1.807) is 24.3 Å². The molecule has 7 heteroatoms. The molecule has 1 amide bonds. The summed E-state index contributed by atoms with van der Waals surface area (Å²) in [6, 6.07) is 10.6. The number of carbonyl (C=O) groups excluding carboxylic acids is 1. The molecule has 0 radical (unpaired) electrons. The predicted octanol–water partition coefficient (Wildman–Crippen LogP) is 2.15. The summed E-state index contributed by atoms with van der Waals surface area (Å²) in [5.41, 5.74) is 0.587. The molecule has 0 saturated carbocycles. The summed E-state index contributed by atoms with van der Waals surface area (Å²) in [4.78, 5) is 15.7. The fourth-order valence-electron chi connectivity index (χ4n) is 1.79. The van der Waals surface area contributed by atoms with Crippen molar-refractivity contribution in [2.45, 2.75) is 12.7 Å². The molecule has 1 aromatic carbocycles. The van der Waals surface area contributed by atoms with Crippen LogP contribution in [-0.2, 0) is 0 Å². The first-order valence-corrected chi connectivity index (χ1v) is 6.48. The van der Waals surface area contributed by atoms with Crippen molar-refractivity contribution >= 4 is 5.91 Å². The number of nitrogens with zero attached hydrogens (tertiary/aromatic N) is 1. The second-order valence-corrected chi connectivity index (χ2v) is 4.39. The molecule has 0 aliphatic carbocycles. The molecule has 2 aromatic rings. The fraction of sp³-hybridized carbons (Fsp3) is 0.200. The zero-order valence-corrected chi connectivity index (χ0v) is 11.4. The molecule has 2 rings (SSSR count). The number of aliphatic hydroxyl groups excluding tert-OH is 1. The van der Waals surface area contributed by atoms with Crippen molar-refractivity contribution in [3.8, 4) is 5.75 Å². The Kier molecular flexibility index (Phi) is 5.37. The van der Waals surface area contributed by atoms with Crippen molar-refractivity contribution in [2.75, 3.05) is 6.54 Å². The van der Waals surface area contributed by atoms with E-state index in [4.69, 9.17) is 0 Å². The molecule has 0 aliphatic heterocycles. The molecule has 1 unspecified atom stereocenters. The standard InChI is InChI=1S/C15H14F2N2O3/c16-15(17)22-11-5-3-4-10(8-11)13(20)9-19-14(21)12-6-1-2-7-18-12/h1-8,13,15,20H,9H2,(H,19,21). The third kappa shape index (κ3) is 4.49. The number of alkyl halides is 2. The third-order valence-electron chi connectivity index (χ3n) is 2.82. The van der Waals surface area contributed by atoms with Crippen molar-refractivity contribution < 1.29 is 23.4 Å². The fourth-order valence-corrected chi connectivity index (χ4v) is 1.79. The summed E-state index contributed by atoms with van der Waals surface area (Å²) in [6.45, 7) is -3.01. The van der Waals surface area contributed by atoms with Crippen LogP contribution in [0.4, 0.5) is 8.78 Å². The van der Waals surface area contributed by atoms with Gasteiger partial charge < -0.3 is 15.2 Å². The average Bonchev–Trinajstić information content (AvgIpc) is 2.52. The van der Waals surface area contributed by atoms with Crippen molar-refractivity contribution in [3.63, 3.8) is 0 Å². The largest absolute Gasteiger partial charge is 0.435 e. The maximum Gasteiger partial charge on any atom is 0.387 e. The summed E-state index contributed by atoms with van der Waals surface area (Å²) in [5, 5.41) is 12.5. The lowest BCUT2D eigenvalue weighted by Gasteiger charge is -2.13. The Hall–Kier alpha value is -2.54. The van der Waals surface area contributed by atoms with Crippen LogP contribution in [0.3, 0.4) is 0 Å². The highest BCUT2D eigenvalue weighted by Gasteiger charge is 2.13.